The van der Waals surface area contributed by atoms with Crippen LogP contribution in [0.1, 0.15) is 11.1 Å². The van der Waals surface area contributed by atoms with Gasteiger partial charge in [0.2, 0.25) is 0 Å². The highest BCUT2D eigenvalue weighted by Crippen LogP contribution is 2.35. The van der Waals surface area contributed by atoms with E-state index in [0.29, 0.717) is 0 Å². The third kappa shape index (κ3) is 1.61. The zero-order valence-corrected chi connectivity index (χ0v) is 8.13. The molecule has 0 unspecified atom stereocenters. The van der Waals surface area contributed by atoms with E-state index in [1.165, 1.54) is 13.0 Å². The number of anilines is 1. The van der Waals surface area contributed by atoms with Crippen LogP contribution in [0.3, 0.4) is 0 Å². The zero-order chi connectivity index (χ0) is 12.5. The van der Waals surface area contributed by atoms with Crippen LogP contribution in [0.2, 0.25) is 0 Å². The predicted molar refractivity (Wildman–Crippen MR) is 53.6 cm³/mol. The largest absolute Gasteiger partial charge is 0.392 e. The van der Waals surface area contributed by atoms with E-state index in [1.54, 1.807) is 0 Å². The van der Waals surface area contributed by atoms with Crippen LogP contribution in [0, 0.1) is 38.5 Å². The third-order valence-electron chi connectivity index (χ3n) is 2.00. The van der Waals surface area contributed by atoms with E-state index in [-0.39, 0.29) is 5.56 Å². The molecule has 0 heterocycles. The number of nitrogen functional groups attached to an aromatic ring is 1. The normalized spacial score (nSPS) is 9.50. The summed E-state index contributed by atoms with van der Waals surface area (Å²) in [6.07, 6.45) is 0. The Labute approximate surface area is 89.2 Å². The standard InChI is InChI=1S/C8H6N4O4/c1-4-2-6(11(13)14)5(3-9)7(10)8(4)12(15)16/h2H,10H2,1H3. The third-order valence-corrected chi connectivity index (χ3v) is 2.00. The fraction of sp³-hybridized carbons (Fsp3) is 0.125. The van der Waals surface area contributed by atoms with Crippen molar-refractivity contribution in [2.45, 2.75) is 6.92 Å². The molecule has 0 atom stereocenters. The number of benzene rings is 1. The maximum Gasteiger partial charge on any atom is 0.296 e. The fourth-order valence-corrected chi connectivity index (χ4v) is 1.32. The van der Waals surface area contributed by atoms with Crippen molar-refractivity contribution in [3.63, 3.8) is 0 Å². The van der Waals surface area contributed by atoms with Crippen molar-refractivity contribution in [1.82, 2.24) is 0 Å². The fourth-order valence-electron chi connectivity index (χ4n) is 1.32. The number of nitriles is 1. The Morgan fingerprint density at radius 2 is 1.94 bits per heavy atom. The first-order valence-electron chi connectivity index (χ1n) is 4.02. The van der Waals surface area contributed by atoms with Crippen molar-refractivity contribution >= 4 is 17.1 Å². The lowest BCUT2D eigenvalue weighted by Gasteiger charge is -2.03. The summed E-state index contributed by atoms with van der Waals surface area (Å²) in [6, 6.07) is 2.46. The zero-order valence-electron chi connectivity index (χ0n) is 8.13. The number of rotatable bonds is 2. The van der Waals surface area contributed by atoms with E-state index in [4.69, 9.17) is 11.0 Å². The first-order valence-corrected chi connectivity index (χ1v) is 4.02. The van der Waals surface area contributed by atoms with Gasteiger partial charge in [-0.1, -0.05) is 0 Å². The summed E-state index contributed by atoms with van der Waals surface area (Å²) in [5, 5.41) is 29.9. The van der Waals surface area contributed by atoms with Gasteiger partial charge in [0.1, 0.15) is 11.8 Å². The molecule has 16 heavy (non-hydrogen) atoms. The molecule has 1 rings (SSSR count). The van der Waals surface area contributed by atoms with Gasteiger partial charge >= 0.3 is 0 Å². The van der Waals surface area contributed by atoms with Crippen LogP contribution in [-0.2, 0) is 0 Å². The number of nitrogens with zero attached hydrogens (tertiary/aromatic N) is 3. The highest BCUT2D eigenvalue weighted by Gasteiger charge is 2.27. The highest BCUT2D eigenvalue weighted by molar-refractivity contribution is 5.76. The summed E-state index contributed by atoms with van der Waals surface area (Å²) in [6.45, 7) is 1.32. The molecule has 0 aliphatic heterocycles. The van der Waals surface area contributed by atoms with Crippen LogP contribution >= 0.6 is 0 Å². The monoisotopic (exact) mass is 222 g/mol. The van der Waals surface area contributed by atoms with E-state index < -0.39 is 32.5 Å². The topological polar surface area (TPSA) is 136 Å². The molecule has 0 bridgehead atoms. The minimum Gasteiger partial charge on any atom is -0.392 e. The maximum absolute atomic E-state index is 10.6. The summed E-state index contributed by atoms with van der Waals surface area (Å²) >= 11 is 0. The number of nitro benzene ring substituents is 2. The number of hydrogen-bond acceptors (Lipinski definition) is 6. The van der Waals surface area contributed by atoms with Crippen LogP contribution in [0.25, 0.3) is 0 Å². The SMILES string of the molecule is Cc1cc([N+](=O)[O-])c(C#N)c(N)c1[N+](=O)[O-]. The van der Waals surface area contributed by atoms with Gasteiger partial charge in [0.15, 0.2) is 5.56 Å². The van der Waals surface area contributed by atoms with E-state index >= 15 is 0 Å². The van der Waals surface area contributed by atoms with Gasteiger partial charge in [-0.25, -0.2) is 0 Å². The number of hydrogen-bond donors (Lipinski definition) is 1. The van der Waals surface area contributed by atoms with Crippen molar-refractivity contribution in [2.24, 2.45) is 0 Å². The second kappa shape index (κ2) is 3.82. The van der Waals surface area contributed by atoms with E-state index in [9.17, 15) is 20.2 Å². The Kier molecular flexibility index (Phi) is 2.72. The molecular formula is C8H6N4O4. The van der Waals surface area contributed by atoms with E-state index in [1.807, 2.05) is 0 Å². The molecule has 1 aromatic carbocycles. The molecule has 2 N–H and O–H groups in total. The number of aryl methyl sites for hydroxylation is 1. The first-order chi connectivity index (χ1) is 7.40. The molecule has 0 amide bonds. The van der Waals surface area contributed by atoms with Crippen LogP contribution in [0.4, 0.5) is 17.1 Å². The Hall–Kier alpha value is -2.69. The van der Waals surface area contributed by atoms with Gasteiger partial charge in [-0.3, -0.25) is 20.2 Å². The molecule has 8 heteroatoms. The van der Waals surface area contributed by atoms with E-state index in [2.05, 4.69) is 0 Å². The summed E-state index contributed by atoms with van der Waals surface area (Å²) in [5.74, 6) is 0. The molecule has 0 radical (unpaired) electrons. The Bertz CT molecular complexity index is 532. The van der Waals surface area contributed by atoms with Crippen LogP contribution < -0.4 is 5.73 Å². The first kappa shape index (κ1) is 11.4. The molecule has 0 saturated heterocycles. The average Bonchev–Trinajstić information content (AvgIpc) is 2.16. The van der Waals surface area contributed by atoms with Gasteiger partial charge in [-0.05, 0) is 6.92 Å². The number of nitrogens with two attached hydrogens (primary N) is 1. The van der Waals surface area contributed by atoms with Crippen molar-refractivity contribution in [1.29, 1.82) is 5.26 Å². The lowest BCUT2D eigenvalue weighted by Crippen LogP contribution is -2.04. The summed E-state index contributed by atoms with van der Waals surface area (Å²) in [4.78, 5) is 19.7. The van der Waals surface area contributed by atoms with E-state index in [0.717, 1.165) is 6.07 Å². The molecule has 82 valence electrons. The quantitative estimate of drug-likeness (QED) is 0.454. The second-order valence-corrected chi connectivity index (χ2v) is 2.98. The molecule has 0 spiro atoms. The van der Waals surface area contributed by atoms with Crippen LogP contribution in [-0.4, -0.2) is 9.85 Å². The minimum absolute atomic E-state index is 0.0493. The highest BCUT2D eigenvalue weighted by atomic mass is 16.6. The Morgan fingerprint density at radius 3 is 2.31 bits per heavy atom. The minimum atomic E-state index is -0.800. The molecule has 8 nitrogen and oxygen atoms in total. The lowest BCUT2D eigenvalue weighted by molar-refractivity contribution is -0.389. The van der Waals surface area contributed by atoms with Crippen molar-refractivity contribution in [2.75, 3.05) is 5.73 Å². The summed E-state index contributed by atoms with van der Waals surface area (Å²) in [5.41, 5.74) is 3.46. The van der Waals surface area contributed by atoms with Gasteiger partial charge in [0, 0.05) is 11.6 Å². The smallest absolute Gasteiger partial charge is 0.296 e. The second-order valence-electron chi connectivity index (χ2n) is 2.98. The maximum atomic E-state index is 10.6. The van der Waals surface area contributed by atoms with Crippen molar-refractivity contribution in [3.8, 4) is 6.07 Å². The average molecular weight is 222 g/mol. The molecule has 0 aromatic heterocycles. The predicted octanol–water partition coefficient (Wildman–Crippen LogP) is 1.27. The van der Waals surface area contributed by atoms with Crippen molar-refractivity contribution in [3.05, 3.63) is 37.4 Å². The van der Waals surface area contributed by atoms with Crippen LogP contribution in [0.15, 0.2) is 6.07 Å². The molecule has 0 aliphatic rings. The molecule has 0 aliphatic carbocycles. The molecule has 0 saturated carbocycles. The summed E-state index contributed by atoms with van der Waals surface area (Å²) in [7, 11) is 0. The van der Waals surface area contributed by atoms with Crippen LogP contribution in [0.5, 0.6) is 0 Å². The molecule has 1 aromatic rings. The molecule has 0 fully saturated rings. The van der Waals surface area contributed by atoms with Crippen molar-refractivity contribution < 1.29 is 9.85 Å². The Morgan fingerprint density at radius 1 is 1.38 bits per heavy atom. The van der Waals surface area contributed by atoms with Gasteiger partial charge in [-0.2, -0.15) is 5.26 Å². The lowest BCUT2D eigenvalue weighted by atomic mass is 10.1. The van der Waals surface area contributed by atoms with Gasteiger partial charge in [-0.15, -0.1) is 0 Å². The Balaban J connectivity index is 3.71. The van der Waals surface area contributed by atoms with Gasteiger partial charge < -0.3 is 5.73 Å². The van der Waals surface area contributed by atoms with Gasteiger partial charge in [0.05, 0.1) is 9.85 Å². The van der Waals surface area contributed by atoms with Gasteiger partial charge in [0.25, 0.3) is 11.4 Å². The summed E-state index contributed by atoms with van der Waals surface area (Å²) < 4.78 is 0. The number of nitro groups is 2. The molecular weight excluding hydrogens is 216 g/mol.